The van der Waals surface area contributed by atoms with E-state index in [4.69, 9.17) is 11.5 Å². The minimum absolute atomic E-state index is 0. The van der Waals surface area contributed by atoms with Crippen LogP contribution < -0.4 is 23.8 Å². The smallest absolute Gasteiger partial charge is 0.0346 e. The van der Waals surface area contributed by atoms with E-state index in [2.05, 4.69) is 0 Å². The first-order chi connectivity index (χ1) is 4.74. The van der Waals surface area contributed by atoms with Crippen LogP contribution in [0.25, 0.3) is 0 Å². The number of rotatable bonds is 1. The molecule has 0 aliphatic heterocycles. The molecule has 1 aromatic rings. The molecule has 0 saturated heterocycles. The lowest BCUT2D eigenvalue weighted by Crippen LogP contribution is -1.98. The summed E-state index contributed by atoms with van der Waals surface area (Å²) in [4.78, 5) is 0. The molecule has 0 unspecified atom stereocenters. The molecular weight excluding hydrogens is 152 g/mol. The topological polar surface area (TPSA) is 122 Å². The Morgan fingerprint density at radius 1 is 1.25 bits per heavy atom. The predicted octanol–water partition coefficient (Wildman–Crippen LogP) is 1.36. The van der Waals surface area contributed by atoms with Crippen molar-refractivity contribution in [2.75, 3.05) is 5.73 Å². The lowest BCUT2D eigenvalue weighted by molar-refractivity contribution is 1.07. The zero-order chi connectivity index (χ0) is 7.56. The fourth-order valence-electron chi connectivity index (χ4n) is 0.817. The molecule has 4 heteroatoms. The summed E-state index contributed by atoms with van der Waals surface area (Å²) in [7, 11) is 0. The molecule has 0 saturated carbocycles. The van der Waals surface area contributed by atoms with Crippen molar-refractivity contribution < 1.29 is 0 Å². The fourth-order valence-corrected chi connectivity index (χ4v) is 0.817. The van der Waals surface area contributed by atoms with Crippen molar-refractivity contribution in [3.05, 3.63) is 29.3 Å². The van der Waals surface area contributed by atoms with Crippen molar-refractivity contribution in [2.24, 2.45) is 5.73 Å². The second-order valence-corrected chi connectivity index (χ2v) is 2.40. The van der Waals surface area contributed by atoms with Crippen LogP contribution in [0, 0.1) is 6.92 Å². The maximum Gasteiger partial charge on any atom is 0.0346 e. The fraction of sp³-hybridized carbons (Fsp3) is 0.250. The van der Waals surface area contributed by atoms with E-state index in [1.807, 2.05) is 25.1 Å². The monoisotopic (exact) mass is 170 g/mol. The Labute approximate surface area is 73.1 Å². The lowest BCUT2D eigenvalue weighted by Gasteiger charge is -2.01. The van der Waals surface area contributed by atoms with Gasteiger partial charge in [-0.05, 0) is 24.1 Å². The van der Waals surface area contributed by atoms with E-state index in [-0.39, 0.29) is 12.3 Å². The van der Waals surface area contributed by atoms with Crippen LogP contribution in [0.1, 0.15) is 11.1 Å². The van der Waals surface area contributed by atoms with Crippen molar-refractivity contribution in [1.82, 2.24) is 12.3 Å². The largest absolute Gasteiger partial charge is 0.399 e. The minimum atomic E-state index is 0. The van der Waals surface area contributed by atoms with Gasteiger partial charge in [-0.2, -0.15) is 0 Å². The quantitative estimate of drug-likeness (QED) is 0.475. The van der Waals surface area contributed by atoms with Gasteiger partial charge in [-0.1, -0.05) is 12.1 Å². The summed E-state index contributed by atoms with van der Waals surface area (Å²) < 4.78 is 0. The molecule has 4 nitrogen and oxygen atoms in total. The third-order valence-electron chi connectivity index (χ3n) is 1.58. The molecule has 10 N–H and O–H groups in total. The summed E-state index contributed by atoms with van der Waals surface area (Å²) >= 11 is 0. The molecule has 0 atom stereocenters. The average molecular weight is 170 g/mol. The zero-order valence-electron chi connectivity index (χ0n) is 7.51. The van der Waals surface area contributed by atoms with Crippen LogP contribution in [0.5, 0.6) is 0 Å². The van der Waals surface area contributed by atoms with E-state index in [9.17, 15) is 0 Å². The van der Waals surface area contributed by atoms with E-state index in [1.54, 1.807) is 0 Å². The van der Waals surface area contributed by atoms with Gasteiger partial charge in [-0.15, -0.1) is 0 Å². The molecule has 0 spiro atoms. The van der Waals surface area contributed by atoms with Crippen molar-refractivity contribution in [1.29, 1.82) is 0 Å². The second kappa shape index (κ2) is 5.54. The molecule has 70 valence electrons. The number of nitrogen functional groups attached to an aromatic ring is 1. The van der Waals surface area contributed by atoms with Crippen LogP contribution in [0.15, 0.2) is 18.2 Å². The summed E-state index contributed by atoms with van der Waals surface area (Å²) in [5, 5.41) is 0. The van der Waals surface area contributed by atoms with E-state index < -0.39 is 0 Å². The Hall–Kier alpha value is -1.10. The van der Waals surface area contributed by atoms with Gasteiger partial charge in [-0.3, -0.25) is 0 Å². The van der Waals surface area contributed by atoms with Crippen molar-refractivity contribution in [2.45, 2.75) is 13.5 Å². The third-order valence-corrected chi connectivity index (χ3v) is 1.58. The lowest BCUT2D eigenvalue weighted by atomic mass is 10.1. The molecule has 0 fully saturated rings. The van der Waals surface area contributed by atoms with Crippen LogP contribution in [0.4, 0.5) is 5.69 Å². The second-order valence-electron chi connectivity index (χ2n) is 2.40. The van der Waals surface area contributed by atoms with Gasteiger partial charge in [0.1, 0.15) is 0 Å². The minimum Gasteiger partial charge on any atom is -0.399 e. The first-order valence-electron chi connectivity index (χ1n) is 3.29. The molecule has 0 amide bonds. The Kier molecular flexibility index (Phi) is 6.22. The standard InChI is InChI=1S/C8H12N2.2H3N/c1-6-2-3-7(5-9)4-8(6)10;;/h2-4H,5,9-10H2,1H3;2*1H3. The SMILES string of the molecule is Cc1ccc(CN)cc1N.N.N. The summed E-state index contributed by atoms with van der Waals surface area (Å²) in [6.45, 7) is 2.54. The van der Waals surface area contributed by atoms with Crippen LogP contribution >= 0.6 is 0 Å². The van der Waals surface area contributed by atoms with E-state index in [1.165, 1.54) is 0 Å². The predicted molar refractivity (Wildman–Crippen MR) is 53.5 cm³/mol. The highest BCUT2D eigenvalue weighted by Crippen LogP contribution is 2.11. The summed E-state index contributed by atoms with van der Waals surface area (Å²) in [6, 6.07) is 5.89. The molecule has 0 aliphatic rings. The summed E-state index contributed by atoms with van der Waals surface area (Å²) in [6.07, 6.45) is 0. The molecular formula is C8H18N4. The van der Waals surface area contributed by atoms with Crippen LogP contribution in [-0.2, 0) is 6.54 Å². The first-order valence-corrected chi connectivity index (χ1v) is 3.29. The highest BCUT2D eigenvalue weighted by Gasteiger charge is 1.92. The number of nitrogens with two attached hydrogens (primary N) is 2. The maximum atomic E-state index is 5.64. The molecule has 1 rings (SSSR count). The number of hydrogen-bond acceptors (Lipinski definition) is 4. The van der Waals surface area contributed by atoms with Gasteiger partial charge in [0.2, 0.25) is 0 Å². The average Bonchev–Trinajstić information content (AvgIpc) is 1.95. The molecule has 0 heterocycles. The van der Waals surface area contributed by atoms with E-state index in [0.29, 0.717) is 6.54 Å². The summed E-state index contributed by atoms with van der Waals surface area (Å²) in [5.41, 5.74) is 14.1. The van der Waals surface area contributed by atoms with Crippen molar-refractivity contribution in [3.63, 3.8) is 0 Å². The van der Waals surface area contributed by atoms with Gasteiger partial charge in [0, 0.05) is 12.2 Å². The first kappa shape index (κ1) is 13.5. The summed E-state index contributed by atoms with van der Waals surface area (Å²) in [5.74, 6) is 0. The molecule has 0 aromatic heterocycles. The van der Waals surface area contributed by atoms with Gasteiger partial charge in [0.15, 0.2) is 0 Å². The Balaban J connectivity index is 0. The van der Waals surface area contributed by atoms with Gasteiger partial charge in [0.25, 0.3) is 0 Å². The van der Waals surface area contributed by atoms with Crippen molar-refractivity contribution >= 4 is 5.69 Å². The molecule has 0 bridgehead atoms. The van der Waals surface area contributed by atoms with Crippen LogP contribution in [0.3, 0.4) is 0 Å². The number of anilines is 1. The van der Waals surface area contributed by atoms with E-state index >= 15 is 0 Å². The molecule has 12 heavy (non-hydrogen) atoms. The highest BCUT2D eigenvalue weighted by molar-refractivity contribution is 5.48. The number of hydrogen-bond donors (Lipinski definition) is 4. The van der Waals surface area contributed by atoms with Gasteiger partial charge in [0.05, 0.1) is 0 Å². The van der Waals surface area contributed by atoms with Gasteiger partial charge < -0.3 is 23.8 Å². The van der Waals surface area contributed by atoms with Crippen LogP contribution in [0.2, 0.25) is 0 Å². The number of aryl methyl sites for hydroxylation is 1. The van der Waals surface area contributed by atoms with Gasteiger partial charge >= 0.3 is 0 Å². The van der Waals surface area contributed by atoms with Crippen molar-refractivity contribution in [3.8, 4) is 0 Å². The zero-order valence-corrected chi connectivity index (χ0v) is 7.51. The number of benzene rings is 1. The Morgan fingerprint density at radius 3 is 2.25 bits per heavy atom. The van der Waals surface area contributed by atoms with Gasteiger partial charge in [-0.25, -0.2) is 0 Å². The Bertz CT molecular complexity index is 234. The molecule has 0 radical (unpaired) electrons. The van der Waals surface area contributed by atoms with E-state index in [0.717, 1.165) is 16.8 Å². The maximum absolute atomic E-state index is 5.64. The molecule has 1 aromatic carbocycles. The highest BCUT2D eigenvalue weighted by atomic mass is 14.6. The molecule has 0 aliphatic carbocycles. The van der Waals surface area contributed by atoms with Crippen LogP contribution in [-0.4, -0.2) is 0 Å². The third kappa shape index (κ3) is 2.87. The normalized spacial score (nSPS) is 8.17. The Morgan fingerprint density at radius 2 is 1.83 bits per heavy atom.